The summed E-state index contributed by atoms with van der Waals surface area (Å²) in [5, 5.41) is 19.5. The Morgan fingerprint density at radius 3 is 2.83 bits per heavy atom. The van der Waals surface area contributed by atoms with E-state index in [0.717, 1.165) is 17.4 Å². The van der Waals surface area contributed by atoms with Gasteiger partial charge in [0, 0.05) is 12.4 Å². The van der Waals surface area contributed by atoms with Gasteiger partial charge in [-0.2, -0.15) is 9.62 Å². The molecular formula is C16H20N6O6S2. The minimum absolute atomic E-state index is 0.0396. The van der Waals surface area contributed by atoms with Crippen molar-refractivity contribution in [2.45, 2.75) is 30.4 Å². The molecule has 0 aromatic heterocycles. The molecule has 4 N–H and O–H groups in total. The highest BCUT2D eigenvalue weighted by Gasteiger charge is 2.55. The molecule has 0 radical (unpaired) electrons. The number of carboxylic acids is 1. The van der Waals surface area contributed by atoms with Crippen LogP contribution in [0.4, 0.5) is 0 Å². The number of nitrogens with two attached hydrogens (primary N) is 1. The number of fused-ring (bicyclic) bond motifs is 1. The van der Waals surface area contributed by atoms with Gasteiger partial charge in [-0.25, -0.2) is 10.6 Å². The van der Waals surface area contributed by atoms with E-state index in [1.165, 1.54) is 35.7 Å². The first-order valence-electron chi connectivity index (χ1n) is 9.12. The molecule has 4 rings (SSSR count). The number of aliphatic carboxylic acids is 1. The Labute approximate surface area is 179 Å². The normalized spacial score (nSPS) is 28.9. The van der Waals surface area contributed by atoms with Crippen molar-refractivity contribution in [3.8, 4) is 0 Å². The summed E-state index contributed by atoms with van der Waals surface area (Å²) in [5.74, 6) is 3.99. The van der Waals surface area contributed by atoms with Crippen molar-refractivity contribution in [1.82, 2.24) is 14.7 Å². The van der Waals surface area contributed by atoms with Crippen molar-refractivity contribution in [3.63, 3.8) is 0 Å². The second-order valence-corrected chi connectivity index (χ2v) is 8.81. The molecule has 0 spiro atoms. The quantitative estimate of drug-likeness (QED) is 0.150. The van der Waals surface area contributed by atoms with E-state index in [1.807, 2.05) is 0 Å². The second-order valence-electron chi connectivity index (χ2n) is 6.79. The van der Waals surface area contributed by atoms with Gasteiger partial charge in [-0.1, -0.05) is 5.16 Å². The molecule has 0 aromatic rings. The molecule has 0 bridgehead atoms. The number of hydrogen-bond acceptors (Lipinski definition) is 11. The van der Waals surface area contributed by atoms with Crippen molar-refractivity contribution in [1.29, 1.82) is 0 Å². The van der Waals surface area contributed by atoms with Crippen molar-refractivity contribution < 1.29 is 29.1 Å². The largest absolute Gasteiger partial charge is 0.477 e. The fourth-order valence-corrected chi connectivity index (χ4v) is 5.70. The van der Waals surface area contributed by atoms with Gasteiger partial charge in [0.15, 0.2) is 5.71 Å². The van der Waals surface area contributed by atoms with Crippen LogP contribution < -0.4 is 11.2 Å². The van der Waals surface area contributed by atoms with E-state index in [2.05, 4.69) is 15.6 Å². The van der Waals surface area contributed by atoms with Crippen molar-refractivity contribution >= 4 is 52.9 Å². The summed E-state index contributed by atoms with van der Waals surface area (Å²) in [6.45, 7) is 0.575. The van der Waals surface area contributed by atoms with Crippen LogP contribution in [0, 0.1) is 0 Å². The number of nitrogens with zero attached hydrogens (tertiary/aromatic N) is 4. The van der Waals surface area contributed by atoms with Crippen LogP contribution in [-0.2, 0) is 24.0 Å². The van der Waals surface area contributed by atoms with Crippen molar-refractivity contribution in [2.75, 3.05) is 25.2 Å². The van der Waals surface area contributed by atoms with Gasteiger partial charge in [-0.3, -0.25) is 14.5 Å². The number of carboxylic acid groups (broad SMARTS) is 1. The number of rotatable bonds is 6. The van der Waals surface area contributed by atoms with Gasteiger partial charge in [0.05, 0.1) is 11.9 Å². The molecule has 3 atom stereocenters. The van der Waals surface area contributed by atoms with Crippen LogP contribution in [0.2, 0.25) is 0 Å². The molecule has 2 saturated heterocycles. The Morgan fingerprint density at radius 1 is 1.43 bits per heavy atom. The molecule has 0 aromatic carbocycles. The van der Waals surface area contributed by atoms with Crippen LogP contribution in [0.5, 0.6) is 0 Å². The Morgan fingerprint density at radius 2 is 2.23 bits per heavy atom. The van der Waals surface area contributed by atoms with Crippen molar-refractivity contribution in [2.24, 2.45) is 16.1 Å². The summed E-state index contributed by atoms with van der Waals surface area (Å²) in [6.07, 6.45) is 1.30. The van der Waals surface area contributed by atoms with Crippen LogP contribution in [0.3, 0.4) is 0 Å². The lowest BCUT2D eigenvalue weighted by molar-refractivity contribution is -0.150. The van der Waals surface area contributed by atoms with E-state index in [9.17, 15) is 19.5 Å². The first-order chi connectivity index (χ1) is 14.4. The highest BCUT2D eigenvalue weighted by Crippen LogP contribution is 2.42. The maximum absolute atomic E-state index is 12.8. The smallest absolute Gasteiger partial charge is 0.352 e. The predicted molar refractivity (Wildman–Crippen MR) is 109 cm³/mol. The van der Waals surface area contributed by atoms with Gasteiger partial charge in [0.2, 0.25) is 0 Å². The third kappa shape index (κ3) is 3.64. The molecule has 12 nitrogen and oxygen atoms in total. The first kappa shape index (κ1) is 21.0. The molecule has 4 heterocycles. The van der Waals surface area contributed by atoms with E-state index in [4.69, 9.17) is 15.4 Å². The Balaban J connectivity index is 1.51. The number of nitrogens with one attached hydrogen (secondary N) is 1. The lowest BCUT2D eigenvalue weighted by Gasteiger charge is -2.49. The van der Waals surface area contributed by atoms with Crippen LogP contribution >= 0.6 is 23.7 Å². The fraction of sp³-hybridized carbons (Fsp3) is 0.562. The summed E-state index contributed by atoms with van der Waals surface area (Å²) in [7, 11) is 1.29. The number of oxime groups is 1. The van der Waals surface area contributed by atoms with Gasteiger partial charge in [0.1, 0.15) is 29.9 Å². The number of hydrogen-bond donors (Lipinski definition) is 3. The fourth-order valence-electron chi connectivity index (χ4n) is 3.69. The highest BCUT2D eigenvalue weighted by molar-refractivity contribution is 8.00. The summed E-state index contributed by atoms with van der Waals surface area (Å²) in [5.41, 5.74) is 0.802. The number of β-lactam (4-membered cyclic amide) rings is 1. The molecule has 14 heteroatoms. The lowest BCUT2D eigenvalue weighted by Crippen LogP contribution is -2.71. The summed E-state index contributed by atoms with van der Waals surface area (Å²) < 4.78 is 6.74. The second kappa shape index (κ2) is 8.45. The molecule has 2 fully saturated rings. The van der Waals surface area contributed by atoms with Crippen LogP contribution in [0.15, 0.2) is 21.5 Å². The molecule has 162 valence electrons. The van der Waals surface area contributed by atoms with Gasteiger partial charge in [-0.05, 0) is 30.4 Å². The van der Waals surface area contributed by atoms with E-state index >= 15 is 0 Å². The Hall–Kier alpha value is -2.29. The molecule has 30 heavy (non-hydrogen) atoms. The van der Waals surface area contributed by atoms with Gasteiger partial charge < -0.3 is 20.0 Å². The summed E-state index contributed by atoms with van der Waals surface area (Å²) >= 11 is 2.57. The summed E-state index contributed by atoms with van der Waals surface area (Å²) in [4.78, 5) is 43.4. The van der Waals surface area contributed by atoms with Crippen LogP contribution in [-0.4, -0.2) is 86.5 Å². The zero-order chi connectivity index (χ0) is 21.4. The topological polar surface area (TPSA) is 159 Å². The predicted octanol–water partition coefficient (Wildman–Crippen LogP) is -0.900. The minimum atomic E-state index is -1.18. The van der Waals surface area contributed by atoms with E-state index in [-0.39, 0.29) is 17.5 Å². The average Bonchev–Trinajstić information content (AvgIpc) is 3.40. The number of carbonyl (C=O) groups is 3. The van der Waals surface area contributed by atoms with E-state index in [0.29, 0.717) is 29.4 Å². The van der Waals surface area contributed by atoms with E-state index < -0.39 is 29.2 Å². The SMILES string of the molecule is CON=C(C(=O)N[C@@H]1C(=O)N2C(C(=O)O)=C([C@@H]3CCCO3)CS[C@H]12)C1=NN(N)SC1. The first-order valence-corrected chi connectivity index (χ1v) is 11.1. The highest BCUT2D eigenvalue weighted by atomic mass is 32.2. The molecule has 4 aliphatic heterocycles. The summed E-state index contributed by atoms with van der Waals surface area (Å²) in [6, 6.07) is -0.881. The monoisotopic (exact) mass is 456 g/mol. The number of carbonyl (C=O) groups excluding carboxylic acids is 2. The molecule has 0 saturated carbocycles. The Kier molecular flexibility index (Phi) is 5.90. The zero-order valence-corrected chi connectivity index (χ0v) is 17.6. The van der Waals surface area contributed by atoms with E-state index in [1.54, 1.807) is 0 Å². The number of thioether (sulfide) groups is 1. The van der Waals surface area contributed by atoms with Crippen LogP contribution in [0.1, 0.15) is 12.8 Å². The number of ether oxygens (including phenoxy) is 1. The van der Waals surface area contributed by atoms with Gasteiger partial charge >= 0.3 is 5.97 Å². The molecule has 0 aliphatic carbocycles. The molecular weight excluding hydrogens is 436 g/mol. The third-order valence-corrected chi connectivity index (χ3v) is 7.08. The number of amides is 2. The molecule has 0 unspecified atom stereocenters. The molecule has 4 aliphatic rings. The maximum Gasteiger partial charge on any atom is 0.352 e. The third-order valence-electron chi connectivity index (χ3n) is 5.03. The number of hydrazone groups is 1. The van der Waals surface area contributed by atoms with Gasteiger partial charge in [0.25, 0.3) is 11.8 Å². The standard InChI is InChI=1S/C16H20N6O6S2/c1-27-20-10(8-6-30-22(17)19-8)13(23)18-11-14(24)21-12(16(25)26)7(5-29-15(11)21)9-3-2-4-28-9/h9,11,15H,2-6,17H2,1H3,(H,18,23)(H,25,26)/t9-,11+,15+/m0/s1. The average molecular weight is 457 g/mol. The minimum Gasteiger partial charge on any atom is -0.477 e. The number of hydrazine groups is 1. The zero-order valence-electron chi connectivity index (χ0n) is 15.9. The lowest BCUT2D eigenvalue weighted by atomic mass is 9.99. The Bertz CT molecular complexity index is 870. The molecule has 2 amide bonds. The van der Waals surface area contributed by atoms with Gasteiger partial charge in [-0.15, -0.1) is 11.8 Å². The van der Waals surface area contributed by atoms with Crippen LogP contribution in [0.25, 0.3) is 0 Å². The van der Waals surface area contributed by atoms with Crippen molar-refractivity contribution in [3.05, 3.63) is 11.3 Å². The maximum atomic E-state index is 12.8.